The van der Waals surface area contributed by atoms with Gasteiger partial charge in [-0.1, -0.05) is 6.07 Å². The Morgan fingerprint density at radius 1 is 1.20 bits per heavy atom. The summed E-state index contributed by atoms with van der Waals surface area (Å²) in [5.74, 6) is 0.362. The minimum absolute atomic E-state index is 0.0732. The molecule has 0 saturated heterocycles. The van der Waals surface area contributed by atoms with E-state index in [0.717, 1.165) is 11.1 Å². The lowest BCUT2D eigenvalue weighted by atomic mass is 10.1. The fraction of sp³-hybridized carbons (Fsp3) is 0.222. The monoisotopic (exact) mass is 338 g/mol. The summed E-state index contributed by atoms with van der Waals surface area (Å²) in [7, 11) is 1.50. The molecule has 2 heterocycles. The summed E-state index contributed by atoms with van der Waals surface area (Å²) >= 11 is 0. The molecule has 7 heteroatoms. The first-order valence-corrected chi connectivity index (χ1v) is 7.86. The van der Waals surface area contributed by atoms with E-state index < -0.39 is 0 Å². The number of likely N-dealkylation sites (N-methyl/N-ethyl adjacent to an activating group) is 1. The van der Waals surface area contributed by atoms with Crippen LogP contribution in [0.3, 0.4) is 0 Å². The standard InChI is InChI=1S/C18H18N4O3/c1-3-19-17(24)8-13-10-21-18-14(22-13)6-12(9-20-18)11-4-5-15(23)16(7-11)25-2/h4-7,9-10,23H,3,8H2,1-2H3,(H,19,24). The van der Waals surface area contributed by atoms with Crippen molar-refractivity contribution in [2.24, 2.45) is 0 Å². The first-order chi connectivity index (χ1) is 12.1. The number of aromatic hydroxyl groups is 1. The van der Waals surface area contributed by atoms with Crippen molar-refractivity contribution in [2.75, 3.05) is 13.7 Å². The maximum absolute atomic E-state index is 11.7. The highest BCUT2D eigenvalue weighted by Crippen LogP contribution is 2.31. The maximum Gasteiger partial charge on any atom is 0.226 e. The van der Waals surface area contributed by atoms with Crippen LogP contribution in [-0.4, -0.2) is 39.6 Å². The molecule has 128 valence electrons. The van der Waals surface area contributed by atoms with E-state index in [4.69, 9.17) is 4.74 Å². The Morgan fingerprint density at radius 3 is 2.76 bits per heavy atom. The lowest BCUT2D eigenvalue weighted by Gasteiger charge is -2.08. The number of carbonyl (C=O) groups is 1. The average Bonchev–Trinajstić information content (AvgIpc) is 2.61. The molecular weight excluding hydrogens is 320 g/mol. The molecule has 0 unspecified atom stereocenters. The van der Waals surface area contributed by atoms with Crippen molar-refractivity contribution in [3.05, 3.63) is 42.4 Å². The van der Waals surface area contributed by atoms with Crippen LogP contribution < -0.4 is 10.1 Å². The third-order valence-electron chi connectivity index (χ3n) is 3.68. The van der Waals surface area contributed by atoms with Crippen LogP contribution in [0.25, 0.3) is 22.3 Å². The number of nitrogens with one attached hydrogen (secondary N) is 1. The molecule has 3 rings (SSSR count). The Labute approximate surface area is 144 Å². The lowest BCUT2D eigenvalue weighted by molar-refractivity contribution is -0.120. The second-order valence-electron chi connectivity index (χ2n) is 5.44. The van der Waals surface area contributed by atoms with Gasteiger partial charge in [0.05, 0.1) is 25.4 Å². The van der Waals surface area contributed by atoms with Gasteiger partial charge in [-0.2, -0.15) is 0 Å². The van der Waals surface area contributed by atoms with Gasteiger partial charge >= 0.3 is 0 Å². The summed E-state index contributed by atoms with van der Waals surface area (Å²) in [4.78, 5) is 24.8. The van der Waals surface area contributed by atoms with E-state index in [0.29, 0.717) is 29.2 Å². The van der Waals surface area contributed by atoms with E-state index in [1.807, 2.05) is 13.0 Å². The van der Waals surface area contributed by atoms with Crippen molar-refractivity contribution in [3.8, 4) is 22.6 Å². The maximum atomic E-state index is 11.7. The SMILES string of the molecule is CCNC(=O)Cc1cnc2ncc(-c3ccc(O)c(OC)c3)cc2n1. The van der Waals surface area contributed by atoms with Crippen LogP contribution in [0.15, 0.2) is 36.7 Å². The van der Waals surface area contributed by atoms with Crippen molar-refractivity contribution in [1.82, 2.24) is 20.3 Å². The second kappa shape index (κ2) is 7.12. The summed E-state index contributed by atoms with van der Waals surface area (Å²) < 4.78 is 5.14. The van der Waals surface area contributed by atoms with Gasteiger partial charge in [0.2, 0.25) is 5.91 Å². The third kappa shape index (κ3) is 3.65. The summed E-state index contributed by atoms with van der Waals surface area (Å²) in [6.45, 7) is 2.44. The van der Waals surface area contributed by atoms with Gasteiger partial charge in [-0.15, -0.1) is 0 Å². The number of carbonyl (C=O) groups excluding carboxylic acids is 1. The van der Waals surface area contributed by atoms with Crippen LogP contribution >= 0.6 is 0 Å². The van der Waals surface area contributed by atoms with E-state index in [-0.39, 0.29) is 18.1 Å². The summed E-state index contributed by atoms with van der Waals surface area (Å²) in [6, 6.07) is 6.91. The summed E-state index contributed by atoms with van der Waals surface area (Å²) in [6.07, 6.45) is 3.42. The highest BCUT2D eigenvalue weighted by Gasteiger charge is 2.09. The summed E-state index contributed by atoms with van der Waals surface area (Å²) in [5, 5.41) is 12.5. The summed E-state index contributed by atoms with van der Waals surface area (Å²) in [5.41, 5.74) is 3.34. The average molecular weight is 338 g/mol. The van der Waals surface area contributed by atoms with Crippen molar-refractivity contribution in [1.29, 1.82) is 0 Å². The Morgan fingerprint density at radius 2 is 2.00 bits per heavy atom. The molecule has 0 spiro atoms. The molecule has 3 aromatic rings. The molecule has 0 aliphatic carbocycles. The zero-order valence-corrected chi connectivity index (χ0v) is 14.0. The topological polar surface area (TPSA) is 97.2 Å². The number of fused-ring (bicyclic) bond motifs is 1. The predicted octanol–water partition coefficient (Wildman–Crippen LogP) is 2.08. The van der Waals surface area contributed by atoms with Gasteiger partial charge in [-0.25, -0.2) is 15.0 Å². The number of nitrogens with zero attached hydrogens (tertiary/aromatic N) is 3. The first-order valence-electron chi connectivity index (χ1n) is 7.86. The molecule has 1 aromatic carbocycles. The number of amides is 1. The quantitative estimate of drug-likeness (QED) is 0.739. The van der Waals surface area contributed by atoms with Crippen LogP contribution in [0.2, 0.25) is 0 Å². The van der Waals surface area contributed by atoms with Crippen LogP contribution in [0.4, 0.5) is 0 Å². The number of rotatable bonds is 5. The molecule has 2 N–H and O–H groups in total. The Kier molecular flexibility index (Phi) is 4.74. The number of methoxy groups -OCH3 is 1. The molecule has 0 bridgehead atoms. The number of pyridine rings is 1. The number of benzene rings is 1. The van der Waals surface area contributed by atoms with E-state index >= 15 is 0 Å². The number of ether oxygens (including phenoxy) is 1. The largest absolute Gasteiger partial charge is 0.504 e. The van der Waals surface area contributed by atoms with Gasteiger partial charge in [0, 0.05) is 18.3 Å². The molecule has 0 atom stereocenters. The molecule has 0 aliphatic rings. The fourth-order valence-electron chi connectivity index (χ4n) is 2.47. The molecule has 25 heavy (non-hydrogen) atoms. The number of hydrogen-bond donors (Lipinski definition) is 2. The van der Waals surface area contributed by atoms with E-state index in [2.05, 4.69) is 20.3 Å². The van der Waals surface area contributed by atoms with Crippen molar-refractivity contribution >= 4 is 17.1 Å². The van der Waals surface area contributed by atoms with Crippen LogP contribution in [0, 0.1) is 0 Å². The Hall–Kier alpha value is -3.22. The zero-order valence-electron chi connectivity index (χ0n) is 14.0. The van der Waals surface area contributed by atoms with Gasteiger partial charge in [0.1, 0.15) is 5.52 Å². The zero-order chi connectivity index (χ0) is 17.8. The molecule has 0 saturated carbocycles. The van der Waals surface area contributed by atoms with Crippen LogP contribution in [-0.2, 0) is 11.2 Å². The van der Waals surface area contributed by atoms with Crippen LogP contribution in [0.5, 0.6) is 11.5 Å². The van der Waals surface area contributed by atoms with E-state index in [9.17, 15) is 9.90 Å². The molecule has 0 fully saturated rings. The fourth-order valence-corrected chi connectivity index (χ4v) is 2.47. The number of phenolic OH excluding ortho intramolecular Hbond substituents is 1. The van der Waals surface area contributed by atoms with E-state index in [1.54, 1.807) is 30.6 Å². The highest BCUT2D eigenvalue weighted by molar-refractivity contribution is 5.80. The molecule has 7 nitrogen and oxygen atoms in total. The van der Waals surface area contributed by atoms with E-state index in [1.165, 1.54) is 7.11 Å². The minimum atomic E-state index is -0.0939. The Bertz CT molecular complexity index is 927. The first kappa shape index (κ1) is 16.6. The predicted molar refractivity (Wildman–Crippen MR) is 93.4 cm³/mol. The minimum Gasteiger partial charge on any atom is -0.504 e. The van der Waals surface area contributed by atoms with Gasteiger partial charge in [0.15, 0.2) is 17.1 Å². The lowest BCUT2D eigenvalue weighted by Crippen LogP contribution is -2.24. The van der Waals surface area contributed by atoms with Crippen molar-refractivity contribution in [3.63, 3.8) is 0 Å². The molecule has 0 aliphatic heterocycles. The molecular formula is C18H18N4O3. The number of hydrogen-bond acceptors (Lipinski definition) is 6. The molecule has 1 amide bonds. The van der Waals surface area contributed by atoms with Gasteiger partial charge in [0.25, 0.3) is 0 Å². The molecule has 2 aromatic heterocycles. The number of aromatic nitrogens is 3. The smallest absolute Gasteiger partial charge is 0.226 e. The third-order valence-corrected chi connectivity index (χ3v) is 3.68. The van der Waals surface area contributed by atoms with Gasteiger partial charge in [-0.05, 0) is 30.7 Å². The second-order valence-corrected chi connectivity index (χ2v) is 5.44. The van der Waals surface area contributed by atoms with Gasteiger partial charge < -0.3 is 15.2 Å². The normalized spacial score (nSPS) is 10.6. The highest BCUT2D eigenvalue weighted by atomic mass is 16.5. The number of phenols is 1. The molecule has 0 radical (unpaired) electrons. The van der Waals surface area contributed by atoms with Gasteiger partial charge in [-0.3, -0.25) is 4.79 Å². The van der Waals surface area contributed by atoms with Crippen molar-refractivity contribution < 1.29 is 14.6 Å². The van der Waals surface area contributed by atoms with Crippen molar-refractivity contribution in [2.45, 2.75) is 13.3 Å². The van der Waals surface area contributed by atoms with Crippen LogP contribution in [0.1, 0.15) is 12.6 Å². The Balaban J connectivity index is 1.96.